The van der Waals surface area contributed by atoms with Crippen LogP contribution in [0.2, 0.25) is 0 Å². The van der Waals surface area contributed by atoms with Gasteiger partial charge >= 0.3 is 0 Å². The third kappa shape index (κ3) is 4.62. The van der Waals surface area contributed by atoms with Crippen molar-refractivity contribution < 1.29 is 9.59 Å². The smallest absolute Gasteiger partial charge is 0.236 e. The lowest BCUT2D eigenvalue weighted by Gasteiger charge is -2.23. The van der Waals surface area contributed by atoms with E-state index in [1.165, 1.54) is 0 Å². The SMILES string of the molecule is CC1(C)C(=O)NCCNCCCCNCNC1=O. The zero-order chi connectivity index (χ0) is 13.4. The average molecular weight is 256 g/mol. The van der Waals surface area contributed by atoms with Crippen molar-refractivity contribution in [3.63, 3.8) is 0 Å². The van der Waals surface area contributed by atoms with Gasteiger partial charge in [0.1, 0.15) is 5.41 Å². The Morgan fingerprint density at radius 2 is 1.44 bits per heavy atom. The summed E-state index contributed by atoms with van der Waals surface area (Å²) in [5.41, 5.74) is -1.04. The van der Waals surface area contributed by atoms with Crippen molar-refractivity contribution in [1.29, 1.82) is 0 Å². The molecule has 104 valence electrons. The average Bonchev–Trinajstić information content (AvgIpc) is 2.34. The lowest BCUT2D eigenvalue weighted by atomic mass is 9.91. The predicted octanol–water partition coefficient (Wildman–Crippen LogP) is -0.824. The van der Waals surface area contributed by atoms with Gasteiger partial charge in [-0.15, -0.1) is 0 Å². The molecule has 0 atom stereocenters. The molecular formula is C12H24N4O2. The first-order valence-corrected chi connectivity index (χ1v) is 6.53. The molecule has 0 aromatic heterocycles. The fourth-order valence-electron chi connectivity index (χ4n) is 1.67. The molecular weight excluding hydrogens is 232 g/mol. The fraction of sp³-hybridized carbons (Fsp3) is 0.833. The summed E-state index contributed by atoms with van der Waals surface area (Å²) >= 11 is 0. The second-order valence-electron chi connectivity index (χ2n) is 5.02. The third-order valence-electron chi connectivity index (χ3n) is 3.05. The molecule has 4 N–H and O–H groups in total. The minimum absolute atomic E-state index is 0.237. The zero-order valence-corrected chi connectivity index (χ0v) is 11.3. The van der Waals surface area contributed by atoms with Crippen molar-refractivity contribution in [2.75, 3.05) is 32.8 Å². The highest BCUT2D eigenvalue weighted by Crippen LogP contribution is 2.14. The highest BCUT2D eigenvalue weighted by Gasteiger charge is 2.35. The number of hydrogen-bond acceptors (Lipinski definition) is 4. The molecule has 0 bridgehead atoms. The molecule has 1 aliphatic rings. The van der Waals surface area contributed by atoms with Gasteiger partial charge in [-0.3, -0.25) is 14.9 Å². The van der Waals surface area contributed by atoms with Crippen molar-refractivity contribution in [2.45, 2.75) is 26.7 Å². The van der Waals surface area contributed by atoms with Crippen LogP contribution in [0.3, 0.4) is 0 Å². The predicted molar refractivity (Wildman–Crippen MR) is 69.9 cm³/mol. The number of rotatable bonds is 0. The van der Waals surface area contributed by atoms with E-state index in [2.05, 4.69) is 21.3 Å². The van der Waals surface area contributed by atoms with Gasteiger partial charge in [-0.25, -0.2) is 0 Å². The number of carbonyl (C=O) groups excluding carboxylic acids is 2. The maximum atomic E-state index is 11.9. The Kier molecular flexibility index (Phi) is 6.07. The first-order valence-electron chi connectivity index (χ1n) is 6.53. The molecule has 1 fully saturated rings. The van der Waals surface area contributed by atoms with Gasteiger partial charge in [0.15, 0.2) is 0 Å². The first kappa shape index (κ1) is 14.9. The van der Waals surface area contributed by atoms with Crippen molar-refractivity contribution in [3.8, 4) is 0 Å². The van der Waals surface area contributed by atoms with Crippen LogP contribution in [-0.2, 0) is 9.59 Å². The highest BCUT2D eigenvalue weighted by molar-refractivity contribution is 6.04. The van der Waals surface area contributed by atoms with Crippen LogP contribution in [0.15, 0.2) is 0 Å². The van der Waals surface area contributed by atoms with Crippen LogP contribution in [0.5, 0.6) is 0 Å². The Hall–Kier alpha value is -1.14. The van der Waals surface area contributed by atoms with Crippen LogP contribution in [0, 0.1) is 5.41 Å². The van der Waals surface area contributed by atoms with Gasteiger partial charge in [-0.2, -0.15) is 0 Å². The summed E-state index contributed by atoms with van der Waals surface area (Å²) in [6, 6.07) is 0. The summed E-state index contributed by atoms with van der Waals surface area (Å²) in [5.74, 6) is -0.489. The highest BCUT2D eigenvalue weighted by atomic mass is 16.2. The van der Waals surface area contributed by atoms with E-state index < -0.39 is 5.41 Å². The molecule has 0 saturated carbocycles. The Morgan fingerprint density at radius 3 is 2.17 bits per heavy atom. The Bertz CT molecular complexity index is 266. The largest absolute Gasteiger partial charge is 0.354 e. The van der Waals surface area contributed by atoms with Crippen LogP contribution < -0.4 is 21.3 Å². The lowest BCUT2D eigenvalue weighted by molar-refractivity contribution is -0.141. The molecule has 1 saturated heterocycles. The van der Waals surface area contributed by atoms with Gasteiger partial charge in [-0.05, 0) is 39.8 Å². The Morgan fingerprint density at radius 1 is 0.833 bits per heavy atom. The molecule has 0 spiro atoms. The van der Waals surface area contributed by atoms with Gasteiger partial charge in [0.25, 0.3) is 0 Å². The molecule has 6 nitrogen and oxygen atoms in total. The number of carbonyl (C=O) groups is 2. The van der Waals surface area contributed by atoms with E-state index >= 15 is 0 Å². The Balaban J connectivity index is 2.53. The monoisotopic (exact) mass is 256 g/mol. The van der Waals surface area contributed by atoms with Crippen molar-refractivity contribution >= 4 is 11.8 Å². The van der Waals surface area contributed by atoms with Gasteiger partial charge in [0.2, 0.25) is 11.8 Å². The Labute approximate surface area is 108 Å². The molecule has 18 heavy (non-hydrogen) atoms. The summed E-state index contributed by atoms with van der Waals surface area (Å²) in [7, 11) is 0. The van der Waals surface area contributed by atoms with Crippen LogP contribution in [0.1, 0.15) is 26.7 Å². The van der Waals surface area contributed by atoms with E-state index in [4.69, 9.17) is 0 Å². The normalized spacial score (nSPS) is 23.7. The number of hydrogen-bond donors (Lipinski definition) is 4. The maximum absolute atomic E-state index is 11.9. The van der Waals surface area contributed by atoms with Gasteiger partial charge in [0, 0.05) is 13.1 Å². The van der Waals surface area contributed by atoms with E-state index in [1.807, 2.05) is 0 Å². The van der Waals surface area contributed by atoms with Crippen molar-refractivity contribution in [1.82, 2.24) is 21.3 Å². The summed E-state index contributed by atoms with van der Waals surface area (Å²) in [5, 5.41) is 11.9. The van der Waals surface area contributed by atoms with Crippen molar-refractivity contribution in [3.05, 3.63) is 0 Å². The number of nitrogens with one attached hydrogen (secondary N) is 4. The van der Waals surface area contributed by atoms with Crippen LogP contribution >= 0.6 is 0 Å². The molecule has 0 aliphatic carbocycles. The first-order chi connectivity index (χ1) is 8.55. The molecule has 0 radical (unpaired) electrons. The van der Waals surface area contributed by atoms with E-state index in [-0.39, 0.29) is 11.8 Å². The summed E-state index contributed by atoms with van der Waals surface area (Å²) in [4.78, 5) is 23.8. The van der Waals surface area contributed by atoms with Gasteiger partial charge in [-0.1, -0.05) is 0 Å². The van der Waals surface area contributed by atoms with Crippen molar-refractivity contribution in [2.24, 2.45) is 5.41 Å². The topological polar surface area (TPSA) is 82.3 Å². The summed E-state index contributed by atoms with van der Waals surface area (Å²) in [6.07, 6.45) is 2.15. The van der Waals surface area contributed by atoms with Crippen LogP contribution in [0.4, 0.5) is 0 Å². The van der Waals surface area contributed by atoms with Crippen LogP contribution in [0.25, 0.3) is 0 Å². The fourth-order valence-corrected chi connectivity index (χ4v) is 1.67. The molecule has 1 aliphatic heterocycles. The van der Waals surface area contributed by atoms with E-state index in [0.29, 0.717) is 13.2 Å². The van der Waals surface area contributed by atoms with Gasteiger partial charge < -0.3 is 16.0 Å². The molecule has 1 heterocycles. The van der Waals surface area contributed by atoms with E-state index in [1.54, 1.807) is 13.8 Å². The quantitative estimate of drug-likeness (QED) is 0.427. The molecule has 0 aromatic rings. The molecule has 0 unspecified atom stereocenters. The zero-order valence-electron chi connectivity index (χ0n) is 11.3. The minimum Gasteiger partial charge on any atom is -0.354 e. The van der Waals surface area contributed by atoms with E-state index in [9.17, 15) is 9.59 Å². The summed E-state index contributed by atoms with van der Waals surface area (Å²) < 4.78 is 0. The second kappa shape index (κ2) is 7.33. The number of amides is 2. The molecule has 2 amide bonds. The third-order valence-corrected chi connectivity index (χ3v) is 3.05. The second-order valence-corrected chi connectivity index (χ2v) is 5.02. The van der Waals surface area contributed by atoms with Crippen LogP contribution in [-0.4, -0.2) is 44.7 Å². The van der Waals surface area contributed by atoms with Gasteiger partial charge in [0.05, 0.1) is 6.67 Å². The minimum atomic E-state index is -1.04. The maximum Gasteiger partial charge on any atom is 0.236 e. The molecule has 1 rings (SSSR count). The summed E-state index contributed by atoms with van der Waals surface area (Å²) in [6.45, 7) is 6.78. The lowest BCUT2D eigenvalue weighted by Crippen LogP contribution is -2.50. The van der Waals surface area contributed by atoms with E-state index in [0.717, 1.165) is 32.5 Å². The molecule has 6 heteroatoms. The standard InChI is InChI=1S/C12H24N4O2/c1-12(2)10(17)15-8-7-13-5-3-4-6-14-9-16-11(12)18/h13-14H,3-9H2,1-2H3,(H,15,17)(H,16,18). The molecule has 0 aromatic carbocycles.